The van der Waals surface area contributed by atoms with Crippen LogP contribution in [0.15, 0.2) is 177 Å². The lowest BCUT2D eigenvalue weighted by Gasteiger charge is -2.22. The Bertz CT molecular complexity index is 3050. The molecular formula is C50H36N2O2. The van der Waals surface area contributed by atoms with Gasteiger partial charge in [-0.05, 0) is 88.3 Å². The van der Waals surface area contributed by atoms with Crippen molar-refractivity contribution in [3.05, 3.63) is 186 Å². The van der Waals surface area contributed by atoms with Gasteiger partial charge in [-0.15, -0.1) is 0 Å². The molecule has 2 aromatic heterocycles. The van der Waals surface area contributed by atoms with Gasteiger partial charge in [-0.2, -0.15) is 0 Å². The summed E-state index contributed by atoms with van der Waals surface area (Å²) in [5.41, 5.74) is 15.0. The second-order valence-corrected chi connectivity index (χ2v) is 14.7. The monoisotopic (exact) mass is 696 g/mol. The van der Waals surface area contributed by atoms with Crippen LogP contribution in [0.3, 0.4) is 0 Å². The van der Waals surface area contributed by atoms with Crippen LogP contribution in [0, 0.1) is 0 Å². The van der Waals surface area contributed by atoms with E-state index in [1.165, 1.54) is 27.6 Å². The fourth-order valence-corrected chi connectivity index (χ4v) is 8.23. The highest BCUT2D eigenvalue weighted by molar-refractivity contribution is 6.15. The highest BCUT2D eigenvalue weighted by Gasteiger charge is 2.38. The predicted octanol–water partition coefficient (Wildman–Crippen LogP) is 13.4. The first kappa shape index (κ1) is 31.9. The van der Waals surface area contributed by atoms with E-state index in [0.29, 0.717) is 11.5 Å². The zero-order chi connectivity index (χ0) is 36.6. The molecule has 0 spiro atoms. The SMILES string of the molecule is C=C(N=C(N=C(C)c1cccc(-c2ccc3c(c2)C(C)(C)c2c-3ccc3c2oc2ccccc23)c1)c1ccc2c(c1)oc1ccccc12)c1ccccc1. The predicted molar refractivity (Wildman–Crippen MR) is 225 cm³/mol. The molecule has 0 amide bonds. The van der Waals surface area contributed by atoms with Crippen LogP contribution in [-0.2, 0) is 5.41 Å². The van der Waals surface area contributed by atoms with E-state index in [1.54, 1.807) is 0 Å². The molecule has 0 bridgehead atoms. The number of furan rings is 2. The van der Waals surface area contributed by atoms with Crippen molar-refractivity contribution in [3.63, 3.8) is 0 Å². The minimum atomic E-state index is -0.240. The number of benzene rings is 7. The molecule has 2 heterocycles. The fraction of sp³-hybridized carbons (Fsp3) is 0.0800. The lowest BCUT2D eigenvalue weighted by atomic mass is 9.81. The molecule has 54 heavy (non-hydrogen) atoms. The summed E-state index contributed by atoms with van der Waals surface area (Å²) >= 11 is 0. The third-order valence-electron chi connectivity index (χ3n) is 11.0. The lowest BCUT2D eigenvalue weighted by molar-refractivity contribution is 0.620. The first-order valence-electron chi connectivity index (χ1n) is 18.3. The van der Waals surface area contributed by atoms with Gasteiger partial charge in [0.2, 0.25) is 0 Å². The number of nitrogens with zero attached hydrogens (tertiary/aromatic N) is 2. The maximum atomic E-state index is 6.53. The first-order valence-corrected chi connectivity index (χ1v) is 18.3. The highest BCUT2D eigenvalue weighted by Crippen LogP contribution is 2.53. The van der Waals surface area contributed by atoms with E-state index in [2.05, 4.69) is 111 Å². The summed E-state index contributed by atoms with van der Waals surface area (Å²) in [7, 11) is 0. The van der Waals surface area contributed by atoms with E-state index in [-0.39, 0.29) is 5.41 Å². The maximum absolute atomic E-state index is 6.53. The number of rotatable bonds is 5. The number of fused-ring (bicyclic) bond motifs is 10. The normalized spacial score (nSPS) is 13.9. The summed E-state index contributed by atoms with van der Waals surface area (Å²) < 4.78 is 12.8. The molecule has 258 valence electrons. The lowest BCUT2D eigenvalue weighted by Crippen LogP contribution is -2.15. The third kappa shape index (κ3) is 5.06. The van der Waals surface area contributed by atoms with E-state index in [0.717, 1.165) is 72.0 Å². The highest BCUT2D eigenvalue weighted by atomic mass is 16.3. The van der Waals surface area contributed by atoms with Crippen molar-refractivity contribution in [2.75, 3.05) is 0 Å². The summed E-state index contributed by atoms with van der Waals surface area (Å²) in [5, 5.41) is 4.47. The zero-order valence-corrected chi connectivity index (χ0v) is 30.4. The molecule has 10 rings (SSSR count). The van der Waals surface area contributed by atoms with Crippen molar-refractivity contribution in [2.24, 2.45) is 9.98 Å². The Morgan fingerprint density at radius 2 is 1.17 bits per heavy atom. The third-order valence-corrected chi connectivity index (χ3v) is 11.0. The second kappa shape index (κ2) is 12.1. The van der Waals surface area contributed by atoms with Gasteiger partial charge in [0.1, 0.15) is 22.3 Å². The summed E-state index contributed by atoms with van der Waals surface area (Å²) in [6.45, 7) is 11.0. The second-order valence-electron chi connectivity index (χ2n) is 14.7. The van der Waals surface area contributed by atoms with Crippen LogP contribution in [0.1, 0.15) is 48.6 Å². The first-order chi connectivity index (χ1) is 26.3. The van der Waals surface area contributed by atoms with Gasteiger partial charge in [0.25, 0.3) is 0 Å². The molecule has 0 N–H and O–H groups in total. The molecule has 7 aromatic carbocycles. The molecule has 9 aromatic rings. The minimum absolute atomic E-state index is 0.240. The van der Waals surface area contributed by atoms with Crippen molar-refractivity contribution in [1.82, 2.24) is 0 Å². The van der Waals surface area contributed by atoms with Crippen LogP contribution in [0.4, 0.5) is 0 Å². The van der Waals surface area contributed by atoms with Crippen LogP contribution in [0.25, 0.3) is 71.8 Å². The molecule has 4 nitrogen and oxygen atoms in total. The van der Waals surface area contributed by atoms with Crippen molar-refractivity contribution in [3.8, 4) is 22.3 Å². The largest absolute Gasteiger partial charge is 0.456 e. The van der Waals surface area contributed by atoms with Gasteiger partial charge in [0.05, 0.1) is 5.70 Å². The Labute approximate surface area is 313 Å². The molecule has 0 saturated carbocycles. The summed E-state index contributed by atoms with van der Waals surface area (Å²) in [6.07, 6.45) is 0. The molecule has 0 aliphatic heterocycles. The van der Waals surface area contributed by atoms with Gasteiger partial charge in [0, 0.05) is 43.8 Å². The molecule has 0 radical (unpaired) electrons. The van der Waals surface area contributed by atoms with Gasteiger partial charge in [-0.25, -0.2) is 9.98 Å². The Morgan fingerprint density at radius 3 is 1.98 bits per heavy atom. The summed E-state index contributed by atoms with van der Waals surface area (Å²) in [4.78, 5) is 10.2. The molecule has 1 aliphatic rings. The van der Waals surface area contributed by atoms with Crippen LogP contribution in [0.2, 0.25) is 0 Å². The topological polar surface area (TPSA) is 51.0 Å². The van der Waals surface area contributed by atoms with Crippen LogP contribution in [0.5, 0.6) is 0 Å². The Morgan fingerprint density at radius 1 is 0.519 bits per heavy atom. The standard InChI is InChI=1S/C50H36N2O2/c1-30(32-13-6-5-7-14-32)51-49(36-22-24-40-38-17-8-10-19-44(38)53-46(40)29-36)52-31(2)33-15-12-16-34(27-33)35-21-23-37-41-25-26-42-39-18-9-11-20-45(39)54-48(42)47(41)50(3,4)43(37)28-35/h5-29H,1H2,2-4H3. The molecule has 0 fully saturated rings. The summed E-state index contributed by atoms with van der Waals surface area (Å²) in [5.74, 6) is 0.572. The molecule has 1 aliphatic carbocycles. The van der Waals surface area contributed by atoms with E-state index in [4.69, 9.17) is 18.8 Å². The van der Waals surface area contributed by atoms with Crippen molar-refractivity contribution < 1.29 is 8.83 Å². The van der Waals surface area contributed by atoms with Crippen LogP contribution >= 0.6 is 0 Å². The van der Waals surface area contributed by atoms with Gasteiger partial charge in [0.15, 0.2) is 5.84 Å². The minimum Gasteiger partial charge on any atom is -0.456 e. The van der Waals surface area contributed by atoms with E-state index in [9.17, 15) is 0 Å². The quantitative estimate of drug-likeness (QED) is 0.133. The average molecular weight is 697 g/mol. The van der Waals surface area contributed by atoms with Crippen molar-refractivity contribution >= 4 is 61.1 Å². The Hall–Kier alpha value is -6.78. The average Bonchev–Trinajstić information content (AvgIpc) is 3.85. The maximum Gasteiger partial charge on any atom is 0.160 e. The van der Waals surface area contributed by atoms with E-state index < -0.39 is 0 Å². The van der Waals surface area contributed by atoms with Crippen LogP contribution < -0.4 is 0 Å². The smallest absolute Gasteiger partial charge is 0.160 e. The van der Waals surface area contributed by atoms with Gasteiger partial charge in [-0.3, -0.25) is 0 Å². The van der Waals surface area contributed by atoms with Crippen molar-refractivity contribution in [1.29, 1.82) is 0 Å². The molecule has 0 unspecified atom stereocenters. The van der Waals surface area contributed by atoms with Gasteiger partial charge >= 0.3 is 0 Å². The van der Waals surface area contributed by atoms with Crippen molar-refractivity contribution in [2.45, 2.75) is 26.2 Å². The molecule has 0 atom stereocenters. The molecular weight excluding hydrogens is 661 g/mol. The Balaban J connectivity index is 1.03. The van der Waals surface area contributed by atoms with Crippen LogP contribution in [-0.4, -0.2) is 11.5 Å². The molecule has 4 heteroatoms. The molecule has 0 saturated heterocycles. The van der Waals surface area contributed by atoms with Gasteiger partial charge in [-0.1, -0.05) is 130 Å². The van der Waals surface area contributed by atoms with Gasteiger partial charge < -0.3 is 8.83 Å². The number of para-hydroxylation sites is 2. The number of amidine groups is 1. The zero-order valence-electron chi connectivity index (χ0n) is 30.4. The number of aliphatic imine (C=N–C) groups is 2. The summed E-state index contributed by atoms with van der Waals surface area (Å²) in [6, 6.07) is 52.6. The van der Waals surface area contributed by atoms with E-state index in [1.807, 2.05) is 67.6 Å². The fourth-order valence-electron chi connectivity index (χ4n) is 8.23. The Kier molecular flexibility index (Phi) is 7.18. The van der Waals surface area contributed by atoms with E-state index >= 15 is 0 Å². The number of hydrogen-bond donors (Lipinski definition) is 0. The number of hydrogen-bond acceptors (Lipinski definition) is 3.